The molecular weight excluding hydrogens is 450 g/mol. The number of carbonyl (C=O) groups is 3. The second-order valence-electron chi connectivity index (χ2n) is 9.63. The Morgan fingerprint density at radius 1 is 1.24 bits per heavy atom. The van der Waals surface area contributed by atoms with E-state index >= 15 is 0 Å². The zero-order chi connectivity index (χ0) is 25.3. The van der Waals surface area contributed by atoms with Crippen molar-refractivity contribution in [2.45, 2.75) is 83.5 Å². The van der Waals surface area contributed by atoms with Crippen molar-refractivity contribution in [3.63, 3.8) is 0 Å². The first-order valence-corrected chi connectivity index (χ1v) is 12.7. The molecule has 34 heavy (non-hydrogen) atoms. The molecule has 0 heterocycles. The molecule has 0 aliphatic heterocycles. The largest absolute Gasteiger partial charge is 0.444 e. The Labute approximate surface area is 209 Å². The summed E-state index contributed by atoms with van der Waals surface area (Å²) in [6.07, 6.45) is 6.22. The lowest BCUT2D eigenvalue weighted by Gasteiger charge is -2.35. The van der Waals surface area contributed by atoms with Crippen molar-refractivity contribution in [2.75, 3.05) is 12.3 Å². The predicted octanol–water partition coefficient (Wildman–Crippen LogP) is 4.49. The van der Waals surface area contributed by atoms with Crippen molar-refractivity contribution in [3.05, 3.63) is 42.0 Å². The monoisotopic (exact) mass is 489 g/mol. The molecule has 1 fully saturated rings. The van der Waals surface area contributed by atoms with E-state index < -0.39 is 29.7 Å². The van der Waals surface area contributed by atoms with E-state index in [-0.39, 0.29) is 24.2 Å². The number of ether oxygens (including phenoxy) is 1. The fourth-order valence-corrected chi connectivity index (χ4v) is 4.40. The van der Waals surface area contributed by atoms with Gasteiger partial charge in [-0.2, -0.15) is 12.6 Å². The average Bonchev–Trinajstić information content (AvgIpc) is 2.79. The van der Waals surface area contributed by atoms with Crippen molar-refractivity contribution in [3.8, 4) is 0 Å². The van der Waals surface area contributed by atoms with Crippen LogP contribution in [-0.2, 0) is 14.3 Å². The molecule has 1 aromatic carbocycles. The van der Waals surface area contributed by atoms with E-state index in [1.165, 1.54) is 11.3 Å². The summed E-state index contributed by atoms with van der Waals surface area (Å²) in [4.78, 5) is 41.0. The van der Waals surface area contributed by atoms with E-state index in [1.807, 2.05) is 31.2 Å². The number of likely N-dealkylation sites (N-methyl/N-ethyl adjacent to an activating group) is 1. The SMILES string of the molecule is C=Cc1cccc(C(C(=O)NC2CCCCC2)N(CC)C(=O)C(CS)NC(=O)OC(C)(C)C)c1. The third-order valence-corrected chi connectivity index (χ3v) is 6.13. The van der Waals surface area contributed by atoms with Gasteiger partial charge >= 0.3 is 6.09 Å². The second-order valence-corrected chi connectivity index (χ2v) is 9.99. The highest BCUT2D eigenvalue weighted by Crippen LogP contribution is 2.26. The van der Waals surface area contributed by atoms with Gasteiger partial charge in [0.25, 0.3) is 0 Å². The Morgan fingerprint density at radius 2 is 1.91 bits per heavy atom. The van der Waals surface area contributed by atoms with Crippen LogP contribution in [0.4, 0.5) is 4.79 Å². The third kappa shape index (κ3) is 8.08. The lowest BCUT2D eigenvalue weighted by molar-refractivity contribution is -0.142. The molecule has 1 saturated carbocycles. The molecular formula is C26H39N3O4S. The highest BCUT2D eigenvalue weighted by atomic mass is 32.1. The zero-order valence-corrected chi connectivity index (χ0v) is 21.7. The summed E-state index contributed by atoms with van der Waals surface area (Å²) in [6, 6.07) is 5.76. The molecule has 2 atom stereocenters. The van der Waals surface area contributed by atoms with Gasteiger partial charge in [0.2, 0.25) is 11.8 Å². The van der Waals surface area contributed by atoms with Crippen LogP contribution < -0.4 is 10.6 Å². The smallest absolute Gasteiger partial charge is 0.408 e. The number of alkyl carbamates (subject to hydrolysis) is 1. The van der Waals surface area contributed by atoms with E-state index in [4.69, 9.17) is 4.74 Å². The molecule has 1 aliphatic rings. The molecule has 0 radical (unpaired) electrons. The number of hydrogen-bond donors (Lipinski definition) is 3. The number of rotatable bonds is 9. The van der Waals surface area contributed by atoms with Crippen LogP contribution in [0.1, 0.15) is 77.0 Å². The van der Waals surface area contributed by atoms with Crippen molar-refractivity contribution in [1.82, 2.24) is 15.5 Å². The topological polar surface area (TPSA) is 87.7 Å². The van der Waals surface area contributed by atoms with Crippen molar-refractivity contribution in [2.24, 2.45) is 0 Å². The number of thiol groups is 1. The maximum atomic E-state index is 13.6. The van der Waals surface area contributed by atoms with Gasteiger partial charge in [0, 0.05) is 18.3 Å². The number of benzene rings is 1. The quantitative estimate of drug-likeness (QED) is 0.446. The summed E-state index contributed by atoms with van der Waals surface area (Å²) in [5, 5.41) is 5.77. The predicted molar refractivity (Wildman–Crippen MR) is 139 cm³/mol. The summed E-state index contributed by atoms with van der Waals surface area (Å²) in [7, 11) is 0. The van der Waals surface area contributed by atoms with Gasteiger partial charge in [0.05, 0.1) is 0 Å². The minimum absolute atomic E-state index is 0.0677. The fourth-order valence-electron chi connectivity index (χ4n) is 4.16. The van der Waals surface area contributed by atoms with Crippen LogP contribution in [-0.4, -0.2) is 52.8 Å². The molecule has 0 saturated heterocycles. The highest BCUT2D eigenvalue weighted by Gasteiger charge is 2.36. The lowest BCUT2D eigenvalue weighted by atomic mass is 9.94. The first-order chi connectivity index (χ1) is 16.1. The summed E-state index contributed by atoms with van der Waals surface area (Å²) in [6.45, 7) is 11.2. The van der Waals surface area contributed by atoms with E-state index in [0.29, 0.717) is 5.56 Å². The molecule has 1 aliphatic carbocycles. The van der Waals surface area contributed by atoms with Gasteiger partial charge in [-0.1, -0.05) is 50.1 Å². The summed E-state index contributed by atoms with van der Waals surface area (Å²) in [5.41, 5.74) is 0.844. The number of nitrogens with zero attached hydrogens (tertiary/aromatic N) is 1. The molecule has 3 amide bonds. The van der Waals surface area contributed by atoms with Crippen LogP contribution in [0.25, 0.3) is 6.08 Å². The minimum atomic E-state index is -0.939. The number of hydrogen-bond acceptors (Lipinski definition) is 5. The Morgan fingerprint density at radius 3 is 2.47 bits per heavy atom. The van der Waals surface area contributed by atoms with Gasteiger partial charge in [-0.15, -0.1) is 0 Å². The molecule has 188 valence electrons. The Hall–Kier alpha value is -2.48. The molecule has 2 N–H and O–H groups in total. The molecule has 8 heteroatoms. The van der Waals surface area contributed by atoms with Crippen LogP contribution in [0.15, 0.2) is 30.8 Å². The minimum Gasteiger partial charge on any atom is -0.444 e. The molecule has 2 unspecified atom stereocenters. The first kappa shape index (κ1) is 27.8. The van der Waals surface area contributed by atoms with Crippen LogP contribution in [0.2, 0.25) is 0 Å². The number of nitrogens with one attached hydrogen (secondary N) is 2. The summed E-state index contributed by atoms with van der Waals surface area (Å²) >= 11 is 4.29. The van der Waals surface area contributed by atoms with Crippen molar-refractivity contribution >= 4 is 36.6 Å². The Bertz CT molecular complexity index is 862. The molecule has 1 aromatic rings. The summed E-state index contributed by atoms with van der Waals surface area (Å²) < 4.78 is 5.31. The van der Waals surface area contributed by atoms with E-state index in [1.54, 1.807) is 26.8 Å². The van der Waals surface area contributed by atoms with Gasteiger partial charge in [-0.3, -0.25) is 9.59 Å². The standard InChI is InChI=1S/C26H39N3O4S/c1-6-18-12-11-13-19(16-18)22(23(30)27-20-14-9-8-10-15-20)29(7-2)24(31)21(17-34)28-25(32)33-26(3,4)5/h6,11-13,16,20-22,34H,1,7-10,14-15,17H2,2-5H3,(H,27,30)(H,28,32). The molecule has 0 spiro atoms. The summed E-state index contributed by atoms with van der Waals surface area (Å²) in [5.74, 6) is -0.548. The molecule has 2 rings (SSSR count). The zero-order valence-electron chi connectivity index (χ0n) is 20.8. The van der Waals surface area contributed by atoms with Crippen LogP contribution in [0.5, 0.6) is 0 Å². The Balaban J connectivity index is 2.34. The maximum absolute atomic E-state index is 13.6. The van der Waals surface area contributed by atoms with Crippen LogP contribution in [0.3, 0.4) is 0 Å². The third-order valence-electron chi connectivity index (χ3n) is 5.77. The molecule has 0 aromatic heterocycles. The van der Waals surface area contributed by atoms with Gasteiger partial charge < -0.3 is 20.3 Å². The normalized spacial score (nSPS) is 16.1. The van der Waals surface area contributed by atoms with Crippen LogP contribution in [0, 0.1) is 0 Å². The maximum Gasteiger partial charge on any atom is 0.408 e. The van der Waals surface area contributed by atoms with Gasteiger partial charge in [-0.05, 0) is 57.7 Å². The molecule has 0 bridgehead atoms. The van der Waals surface area contributed by atoms with Gasteiger partial charge in [0.1, 0.15) is 17.7 Å². The lowest BCUT2D eigenvalue weighted by Crippen LogP contribution is -2.54. The number of carbonyl (C=O) groups excluding carboxylic acids is 3. The van der Waals surface area contributed by atoms with Crippen molar-refractivity contribution < 1.29 is 19.1 Å². The second kappa shape index (κ2) is 12.8. The fraction of sp³-hybridized carbons (Fsp3) is 0.577. The van der Waals surface area contributed by atoms with Gasteiger partial charge in [-0.25, -0.2) is 4.79 Å². The molecule has 7 nitrogen and oxygen atoms in total. The Kier molecular flexibility index (Phi) is 10.5. The van der Waals surface area contributed by atoms with E-state index in [0.717, 1.165) is 31.2 Å². The first-order valence-electron chi connectivity index (χ1n) is 12.0. The average molecular weight is 490 g/mol. The van der Waals surface area contributed by atoms with Gasteiger partial charge in [0.15, 0.2) is 0 Å². The van der Waals surface area contributed by atoms with E-state index in [2.05, 4.69) is 29.8 Å². The highest BCUT2D eigenvalue weighted by molar-refractivity contribution is 7.80. The van der Waals surface area contributed by atoms with Crippen LogP contribution >= 0.6 is 12.6 Å². The van der Waals surface area contributed by atoms with Crippen molar-refractivity contribution in [1.29, 1.82) is 0 Å². The van der Waals surface area contributed by atoms with E-state index in [9.17, 15) is 14.4 Å². The number of amides is 3.